The standard InChI is InChI=1S/C15H17N3O3/c1-11-5-4-8-14(19)18(11)9-10-21-13-7-3-2-6-12(13)15(20)17-16/h2-8H,9-10,16H2,1H3,(H,17,20). The smallest absolute Gasteiger partial charge is 0.268 e. The average molecular weight is 287 g/mol. The van der Waals surface area contributed by atoms with Gasteiger partial charge < -0.3 is 9.30 Å². The van der Waals surface area contributed by atoms with Crippen molar-refractivity contribution in [2.45, 2.75) is 13.5 Å². The minimum Gasteiger partial charge on any atom is -0.491 e. The second kappa shape index (κ2) is 6.71. The maximum atomic E-state index is 11.7. The lowest BCUT2D eigenvalue weighted by atomic mass is 10.2. The third kappa shape index (κ3) is 3.49. The van der Waals surface area contributed by atoms with Crippen molar-refractivity contribution in [1.82, 2.24) is 9.99 Å². The molecule has 0 aliphatic carbocycles. The number of benzene rings is 1. The Morgan fingerprint density at radius 2 is 2.00 bits per heavy atom. The highest BCUT2D eigenvalue weighted by Crippen LogP contribution is 2.17. The lowest BCUT2D eigenvalue weighted by Gasteiger charge is -2.12. The summed E-state index contributed by atoms with van der Waals surface area (Å²) in [5.74, 6) is 5.15. The zero-order chi connectivity index (χ0) is 15.2. The molecule has 110 valence electrons. The number of carbonyl (C=O) groups excluding carboxylic acids is 1. The molecule has 6 heteroatoms. The van der Waals surface area contributed by atoms with Crippen LogP contribution in [0.4, 0.5) is 0 Å². The number of hydrogen-bond acceptors (Lipinski definition) is 4. The molecule has 0 aliphatic rings. The molecule has 0 spiro atoms. The van der Waals surface area contributed by atoms with Gasteiger partial charge in [-0.25, -0.2) is 5.84 Å². The highest BCUT2D eigenvalue weighted by atomic mass is 16.5. The quantitative estimate of drug-likeness (QED) is 0.485. The van der Waals surface area contributed by atoms with Gasteiger partial charge in [0.1, 0.15) is 12.4 Å². The van der Waals surface area contributed by atoms with E-state index in [0.717, 1.165) is 5.69 Å². The Morgan fingerprint density at radius 3 is 2.71 bits per heavy atom. The number of para-hydroxylation sites is 1. The van der Waals surface area contributed by atoms with Crippen molar-refractivity contribution in [3.05, 3.63) is 64.1 Å². The number of hydrogen-bond donors (Lipinski definition) is 2. The van der Waals surface area contributed by atoms with Crippen LogP contribution in [-0.4, -0.2) is 17.1 Å². The Morgan fingerprint density at radius 1 is 1.24 bits per heavy atom. The van der Waals surface area contributed by atoms with Crippen molar-refractivity contribution in [3.8, 4) is 5.75 Å². The Labute approximate surface area is 122 Å². The highest BCUT2D eigenvalue weighted by Gasteiger charge is 2.10. The van der Waals surface area contributed by atoms with Crippen LogP contribution in [0.15, 0.2) is 47.3 Å². The monoisotopic (exact) mass is 287 g/mol. The number of hydrazine groups is 1. The lowest BCUT2D eigenvalue weighted by Crippen LogP contribution is -2.30. The largest absolute Gasteiger partial charge is 0.491 e. The molecule has 1 aromatic heterocycles. The van der Waals surface area contributed by atoms with Gasteiger partial charge in [0.15, 0.2) is 0 Å². The molecule has 3 N–H and O–H groups in total. The topological polar surface area (TPSA) is 86.3 Å². The van der Waals surface area contributed by atoms with Crippen LogP contribution < -0.4 is 21.6 Å². The van der Waals surface area contributed by atoms with Gasteiger partial charge in [0.25, 0.3) is 11.5 Å². The molecule has 0 fully saturated rings. The zero-order valence-electron chi connectivity index (χ0n) is 11.7. The maximum Gasteiger partial charge on any atom is 0.268 e. The molecule has 1 aromatic carbocycles. The summed E-state index contributed by atoms with van der Waals surface area (Å²) in [6.07, 6.45) is 0. The lowest BCUT2D eigenvalue weighted by molar-refractivity contribution is 0.0949. The number of nitrogen functional groups attached to an aromatic ring is 1. The molecule has 2 aromatic rings. The summed E-state index contributed by atoms with van der Waals surface area (Å²) in [5.41, 5.74) is 3.22. The Bertz CT molecular complexity index is 695. The van der Waals surface area contributed by atoms with Gasteiger partial charge in [0.2, 0.25) is 0 Å². The molecule has 1 heterocycles. The van der Waals surface area contributed by atoms with Gasteiger partial charge in [0, 0.05) is 11.8 Å². The normalized spacial score (nSPS) is 10.2. The summed E-state index contributed by atoms with van der Waals surface area (Å²) in [5, 5.41) is 0. The van der Waals surface area contributed by atoms with E-state index < -0.39 is 5.91 Å². The van der Waals surface area contributed by atoms with E-state index >= 15 is 0 Å². The van der Waals surface area contributed by atoms with E-state index in [2.05, 4.69) is 5.43 Å². The molecule has 0 saturated carbocycles. The number of ether oxygens (including phenoxy) is 1. The first-order valence-corrected chi connectivity index (χ1v) is 6.52. The Kier molecular flexibility index (Phi) is 4.73. The van der Waals surface area contributed by atoms with Gasteiger partial charge in [-0.2, -0.15) is 0 Å². The molecule has 0 aliphatic heterocycles. The van der Waals surface area contributed by atoms with Gasteiger partial charge in [0.05, 0.1) is 12.1 Å². The van der Waals surface area contributed by atoms with E-state index in [1.807, 2.05) is 13.0 Å². The van der Waals surface area contributed by atoms with Crippen LogP contribution in [0.25, 0.3) is 0 Å². The molecular formula is C15H17N3O3. The zero-order valence-corrected chi connectivity index (χ0v) is 11.7. The molecule has 2 rings (SSSR count). The number of carbonyl (C=O) groups is 1. The van der Waals surface area contributed by atoms with Crippen LogP contribution in [0, 0.1) is 6.92 Å². The van der Waals surface area contributed by atoms with Gasteiger partial charge >= 0.3 is 0 Å². The van der Waals surface area contributed by atoms with Crippen molar-refractivity contribution in [2.75, 3.05) is 6.61 Å². The summed E-state index contributed by atoms with van der Waals surface area (Å²) in [6, 6.07) is 11.9. The predicted molar refractivity (Wildman–Crippen MR) is 79.0 cm³/mol. The van der Waals surface area contributed by atoms with E-state index in [9.17, 15) is 9.59 Å². The molecular weight excluding hydrogens is 270 g/mol. The molecule has 0 saturated heterocycles. The minimum absolute atomic E-state index is 0.0772. The second-order valence-electron chi connectivity index (χ2n) is 4.48. The molecule has 0 bridgehead atoms. The number of rotatable bonds is 5. The third-order valence-electron chi connectivity index (χ3n) is 3.10. The fraction of sp³-hybridized carbons (Fsp3) is 0.200. The highest BCUT2D eigenvalue weighted by molar-refractivity contribution is 5.96. The SMILES string of the molecule is Cc1cccc(=O)n1CCOc1ccccc1C(=O)NN. The van der Waals surface area contributed by atoms with E-state index in [4.69, 9.17) is 10.6 Å². The predicted octanol–water partition coefficient (Wildman–Crippen LogP) is 0.839. The number of nitrogens with two attached hydrogens (primary N) is 1. The van der Waals surface area contributed by atoms with Crippen LogP contribution in [0.2, 0.25) is 0 Å². The summed E-state index contributed by atoms with van der Waals surface area (Å²) in [4.78, 5) is 23.3. The first-order chi connectivity index (χ1) is 10.1. The molecule has 0 unspecified atom stereocenters. The molecule has 0 radical (unpaired) electrons. The van der Waals surface area contributed by atoms with Gasteiger partial charge in [-0.15, -0.1) is 0 Å². The fourth-order valence-corrected chi connectivity index (χ4v) is 2.01. The van der Waals surface area contributed by atoms with Crippen LogP contribution in [0.5, 0.6) is 5.75 Å². The molecule has 0 atom stereocenters. The first-order valence-electron chi connectivity index (χ1n) is 6.52. The van der Waals surface area contributed by atoms with Gasteiger partial charge in [-0.1, -0.05) is 18.2 Å². The van der Waals surface area contributed by atoms with Crippen molar-refractivity contribution in [1.29, 1.82) is 0 Å². The van der Waals surface area contributed by atoms with Crippen molar-refractivity contribution < 1.29 is 9.53 Å². The number of pyridine rings is 1. The number of aromatic nitrogens is 1. The number of nitrogens with one attached hydrogen (secondary N) is 1. The van der Waals surface area contributed by atoms with Crippen LogP contribution in [0.3, 0.4) is 0 Å². The minimum atomic E-state index is -0.418. The van der Waals surface area contributed by atoms with E-state index in [1.165, 1.54) is 6.07 Å². The fourth-order valence-electron chi connectivity index (χ4n) is 2.01. The van der Waals surface area contributed by atoms with Crippen molar-refractivity contribution in [2.24, 2.45) is 5.84 Å². The van der Waals surface area contributed by atoms with E-state index in [0.29, 0.717) is 17.9 Å². The van der Waals surface area contributed by atoms with Gasteiger partial charge in [-0.3, -0.25) is 15.0 Å². The summed E-state index contributed by atoms with van der Waals surface area (Å²) >= 11 is 0. The van der Waals surface area contributed by atoms with E-state index in [-0.39, 0.29) is 12.2 Å². The summed E-state index contributed by atoms with van der Waals surface area (Å²) in [6.45, 7) is 2.54. The number of aryl methyl sites for hydroxylation is 1. The molecule has 21 heavy (non-hydrogen) atoms. The second-order valence-corrected chi connectivity index (χ2v) is 4.48. The van der Waals surface area contributed by atoms with Crippen molar-refractivity contribution in [3.63, 3.8) is 0 Å². The first kappa shape index (κ1) is 14.8. The third-order valence-corrected chi connectivity index (χ3v) is 3.10. The average Bonchev–Trinajstić information content (AvgIpc) is 2.50. The number of nitrogens with zero attached hydrogens (tertiary/aromatic N) is 1. The summed E-state index contributed by atoms with van der Waals surface area (Å²) in [7, 11) is 0. The maximum absolute atomic E-state index is 11.7. The molecule has 1 amide bonds. The number of amides is 1. The molecule has 6 nitrogen and oxygen atoms in total. The Balaban J connectivity index is 2.08. The summed E-state index contributed by atoms with van der Waals surface area (Å²) < 4.78 is 7.21. The van der Waals surface area contributed by atoms with E-state index in [1.54, 1.807) is 34.9 Å². The van der Waals surface area contributed by atoms with Crippen molar-refractivity contribution >= 4 is 5.91 Å². The Hall–Kier alpha value is -2.60. The van der Waals surface area contributed by atoms with Gasteiger partial charge in [-0.05, 0) is 25.1 Å². The van der Waals surface area contributed by atoms with Crippen LogP contribution in [0.1, 0.15) is 16.1 Å². The van der Waals surface area contributed by atoms with Crippen LogP contribution in [-0.2, 0) is 6.54 Å². The van der Waals surface area contributed by atoms with Crippen LogP contribution >= 0.6 is 0 Å².